The first kappa shape index (κ1) is 22.6. The minimum atomic E-state index is 0.00118. The minimum Gasteiger partial charge on any atom is -0.497 e. The van der Waals surface area contributed by atoms with Gasteiger partial charge in [0.2, 0.25) is 11.8 Å². The molecule has 3 aromatic rings. The van der Waals surface area contributed by atoms with E-state index in [4.69, 9.17) is 9.26 Å². The lowest BCUT2D eigenvalue weighted by molar-refractivity contribution is -0.137. The monoisotopic (exact) mass is 467 g/mol. The van der Waals surface area contributed by atoms with Gasteiger partial charge in [0.15, 0.2) is 0 Å². The van der Waals surface area contributed by atoms with E-state index in [2.05, 4.69) is 10.1 Å². The molecule has 9 nitrogen and oxygen atoms in total. The smallest absolute Gasteiger partial charge is 0.328 e. The predicted molar refractivity (Wildman–Crippen MR) is 129 cm³/mol. The molecule has 3 heterocycles. The van der Waals surface area contributed by atoms with Gasteiger partial charge in [0.05, 0.1) is 23.8 Å². The Morgan fingerprint density at radius 2 is 1.82 bits per heavy atom. The van der Waals surface area contributed by atoms with Crippen LogP contribution in [0, 0.1) is 18.8 Å². The molecular formula is C25H33N5O4. The van der Waals surface area contributed by atoms with Gasteiger partial charge in [-0.3, -0.25) is 13.9 Å². The van der Waals surface area contributed by atoms with Crippen LogP contribution in [0.25, 0.3) is 11.0 Å². The van der Waals surface area contributed by atoms with E-state index in [1.807, 2.05) is 47.7 Å². The first-order valence-electron chi connectivity index (χ1n) is 12.1. The van der Waals surface area contributed by atoms with Gasteiger partial charge >= 0.3 is 5.69 Å². The van der Waals surface area contributed by atoms with Crippen molar-refractivity contribution >= 4 is 22.8 Å². The maximum atomic E-state index is 13.2. The van der Waals surface area contributed by atoms with Crippen LogP contribution >= 0.6 is 0 Å². The first-order valence-corrected chi connectivity index (χ1v) is 12.1. The van der Waals surface area contributed by atoms with Gasteiger partial charge in [-0.1, -0.05) is 5.16 Å². The lowest BCUT2D eigenvalue weighted by atomic mass is 9.81. The molecular weight excluding hydrogens is 434 g/mol. The molecule has 5 rings (SSSR count). The summed E-state index contributed by atoms with van der Waals surface area (Å²) in [6.07, 6.45) is 3.68. The molecule has 1 saturated heterocycles. The van der Waals surface area contributed by atoms with Crippen molar-refractivity contribution in [2.75, 3.05) is 38.2 Å². The summed E-state index contributed by atoms with van der Waals surface area (Å²) >= 11 is 0. The van der Waals surface area contributed by atoms with Crippen molar-refractivity contribution < 1.29 is 14.1 Å². The summed E-state index contributed by atoms with van der Waals surface area (Å²) in [7, 11) is 3.45. The van der Waals surface area contributed by atoms with Crippen LogP contribution in [0.3, 0.4) is 0 Å². The SMILES string of the molecule is COc1ccc2c(c1)n(CC1CCC(C(=O)N3CCN(c4cc(C)no4)CC3)CC1)c(=O)n2C. The van der Waals surface area contributed by atoms with Crippen LogP contribution in [0.4, 0.5) is 5.88 Å². The average molecular weight is 468 g/mol. The fourth-order valence-electron chi connectivity index (χ4n) is 5.45. The number of benzene rings is 1. The third kappa shape index (κ3) is 4.19. The summed E-state index contributed by atoms with van der Waals surface area (Å²) < 4.78 is 14.3. The van der Waals surface area contributed by atoms with Crippen LogP contribution in [-0.2, 0) is 18.4 Å². The van der Waals surface area contributed by atoms with Crippen LogP contribution in [-0.4, -0.2) is 58.4 Å². The number of aryl methyl sites for hydroxylation is 2. The van der Waals surface area contributed by atoms with E-state index in [0.29, 0.717) is 25.6 Å². The summed E-state index contributed by atoms with van der Waals surface area (Å²) in [6.45, 7) is 5.56. The highest BCUT2D eigenvalue weighted by Crippen LogP contribution is 2.32. The second-order valence-electron chi connectivity index (χ2n) is 9.64. The number of hydrogen-bond donors (Lipinski definition) is 0. The molecule has 34 heavy (non-hydrogen) atoms. The average Bonchev–Trinajstić information content (AvgIpc) is 3.41. The van der Waals surface area contributed by atoms with E-state index in [1.54, 1.807) is 11.7 Å². The van der Waals surface area contributed by atoms with Gasteiger partial charge in [0.25, 0.3) is 0 Å². The summed E-state index contributed by atoms with van der Waals surface area (Å²) in [6, 6.07) is 7.70. The van der Waals surface area contributed by atoms with Gasteiger partial charge in [-0.2, -0.15) is 0 Å². The molecule has 0 radical (unpaired) electrons. The number of nitrogens with zero attached hydrogens (tertiary/aromatic N) is 5. The van der Waals surface area contributed by atoms with Gasteiger partial charge < -0.3 is 19.1 Å². The number of carbonyl (C=O) groups is 1. The fourth-order valence-corrected chi connectivity index (χ4v) is 5.45. The van der Waals surface area contributed by atoms with Crippen molar-refractivity contribution in [3.05, 3.63) is 40.4 Å². The van der Waals surface area contributed by atoms with Crippen molar-refractivity contribution in [1.29, 1.82) is 0 Å². The Kier molecular flexibility index (Phi) is 6.10. The summed E-state index contributed by atoms with van der Waals surface area (Å²) in [5.41, 5.74) is 2.69. The molecule has 182 valence electrons. The molecule has 9 heteroatoms. The molecule has 2 aromatic heterocycles. The highest BCUT2D eigenvalue weighted by atomic mass is 16.5. The van der Waals surface area contributed by atoms with Crippen LogP contribution in [0.1, 0.15) is 31.4 Å². The summed E-state index contributed by atoms with van der Waals surface area (Å²) in [4.78, 5) is 30.2. The van der Waals surface area contributed by atoms with Crippen LogP contribution < -0.4 is 15.3 Å². The molecule has 0 bridgehead atoms. The zero-order chi connectivity index (χ0) is 23.8. The number of methoxy groups -OCH3 is 1. The summed E-state index contributed by atoms with van der Waals surface area (Å²) in [5, 5.41) is 3.96. The van der Waals surface area contributed by atoms with Gasteiger partial charge in [0, 0.05) is 57.8 Å². The van der Waals surface area contributed by atoms with Gasteiger partial charge in [-0.15, -0.1) is 0 Å². The van der Waals surface area contributed by atoms with Crippen molar-refractivity contribution in [3.63, 3.8) is 0 Å². The summed E-state index contributed by atoms with van der Waals surface area (Å²) in [5.74, 6) is 2.29. The molecule has 2 aliphatic rings. The number of aromatic nitrogens is 3. The number of fused-ring (bicyclic) bond motifs is 1. The van der Waals surface area contributed by atoms with Crippen molar-refractivity contribution in [2.24, 2.45) is 18.9 Å². The van der Waals surface area contributed by atoms with Crippen LogP contribution in [0.15, 0.2) is 33.6 Å². The number of ether oxygens (including phenoxy) is 1. The Bertz CT molecular complexity index is 1230. The molecule has 0 spiro atoms. The zero-order valence-corrected chi connectivity index (χ0v) is 20.2. The van der Waals surface area contributed by atoms with E-state index in [1.165, 1.54) is 0 Å². The number of anilines is 1. The molecule has 1 aliphatic carbocycles. The third-order valence-electron chi connectivity index (χ3n) is 7.51. The number of piperazine rings is 1. The predicted octanol–water partition coefficient (Wildman–Crippen LogP) is 2.80. The zero-order valence-electron chi connectivity index (χ0n) is 20.2. The second kappa shape index (κ2) is 9.19. The molecule has 0 N–H and O–H groups in total. The molecule has 1 amide bonds. The maximum Gasteiger partial charge on any atom is 0.328 e. The standard InChI is InChI=1S/C25H33N5O4/c1-17-14-23(34-26-17)28-10-12-29(13-11-28)24(31)19-6-4-18(5-7-19)16-30-22-15-20(33-3)8-9-21(22)27(2)25(30)32/h8-9,14-15,18-19H,4-7,10-13,16H2,1-3H3. The third-order valence-corrected chi connectivity index (χ3v) is 7.51. The van der Waals surface area contributed by atoms with Crippen LogP contribution in [0.5, 0.6) is 5.75 Å². The van der Waals surface area contributed by atoms with Crippen molar-refractivity contribution in [3.8, 4) is 5.75 Å². The lowest BCUT2D eigenvalue weighted by Gasteiger charge is -2.37. The molecule has 1 aliphatic heterocycles. The number of imidazole rings is 1. The number of carbonyl (C=O) groups excluding carboxylic acids is 1. The number of hydrogen-bond acceptors (Lipinski definition) is 6. The highest BCUT2D eigenvalue weighted by Gasteiger charge is 2.32. The Balaban J connectivity index is 1.18. The Morgan fingerprint density at radius 1 is 1.09 bits per heavy atom. The number of rotatable bonds is 5. The minimum absolute atomic E-state index is 0.00118. The van der Waals surface area contributed by atoms with E-state index < -0.39 is 0 Å². The number of amides is 1. The Labute approximate surface area is 198 Å². The maximum absolute atomic E-state index is 13.2. The molecule has 0 unspecified atom stereocenters. The van der Waals surface area contributed by atoms with E-state index in [9.17, 15) is 9.59 Å². The van der Waals surface area contributed by atoms with Gasteiger partial charge in [0.1, 0.15) is 5.75 Å². The second-order valence-corrected chi connectivity index (χ2v) is 9.64. The molecule has 0 atom stereocenters. The van der Waals surface area contributed by atoms with Crippen molar-refractivity contribution in [1.82, 2.24) is 19.2 Å². The van der Waals surface area contributed by atoms with Gasteiger partial charge in [-0.05, 0) is 50.7 Å². The van der Waals surface area contributed by atoms with E-state index in [0.717, 1.165) is 67.1 Å². The fraction of sp³-hybridized carbons (Fsp3) is 0.560. The molecule has 2 fully saturated rings. The quantitative estimate of drug-likeness (QED) is 0.574. The van der Waals surface area contributed by atoms with Crippen LogP contribution in [0.2, 0.25) is 0 Å². The first-order chi connectivity index (χ1) is 16.4. The lowest BCUT2D eigenvalue weighted by Crippen LogP contribution is -2.50. The largest absolute Gasteiger partial charge is 0.497 e. The van der Waals surface area contributed by atoms with Crippen molar-refractivity contribution in [2.45, 2.75) is 39.2 Å². The molecule has 1 saturated carbocycles. The normalized spacial score (nSPS) is 21.3. The molecule has 1 aromatic carbocycles. The highest BCUT2D eigenvalue weighted by molar-refractivity contribution is 5.79. The van der Waals surface area contributed by atoms with E-state index >= 15 is 0 Å². The Morgan fingerprint density at radius 3 is 2.47 bits per heavy atom. The van der Waals surface area contributed by atoms with E-state index in [-0.39, 0.29) is 17.5 Å². The topological polar surface area (TPSA) is 85.7 Å². The Hall–Kier alpha value is -3.23. The van der Waals surface area contributed by atoms with Gasteiger partial charge in [-0.25, -0.2) is 4.79 Å².